The van der Waals surface area contributed by atoms with Crippen LogP contribution in [0.1, 0.15) is 41.6 Å². The smallest absolute Gasteiger partial charge is 0.123 e. The molecule has 1 aliphatic rings. The molecule has 4 nitrogen and oxygen atoms in total. The predicted octanol–water partition coefficient (Wildman–Crippen LogP) is 4.75. The number of hydrogen-bond acceptors (Lipinski definition) is 4. The van der Waals surface area contributed by atoms with Crippen molar-refractivity contribution in [2.24, 2.45) is 0 Å². The second-order valence-corrected chi connectivity index (χ2v) is 8.24. The zero-order valence-electron chi connectivity index (χ0n) is 18.4. The molecule has 0 radical (unpaired) electrons. The molecule has 0 aromatic heterocycles. The zero-order chi connectivity index (χ0) is 21.6. The summed E-state index contributed by atoms with van der Waals surface area (Å²) in [5.41, 5.74) is 7.64. The molecule has 31 heavy (non-hydrogen) atoms. The minimum Gasteiger partial charge on any atom is -0.489 e. The molecule has 0 amide bonds. The summed E-state index contributed by atoms with van der Waals surface area (Å²) in [6.45, 7) is 6.06. The number of ether oxygens (including phenoxy) is 1. The molecule has 3 aromatic rings. The van der Waals surface area contributed by atoms with E-state index in [2.05, 4.69) is 78.2 Å². The second kappa shape index (κ2) is 10.1. The lowest BCUT2D eigenvalue weighted by atomic mass is 9.97. The summed E-state index contributed by atoms with van der Waals surface area (Å²) in [6, 6.07) is 23.7. The van der Waals surface area contributed by atoms with Crippen LogP contribution in [-0.4, -0.2) is 24.4 Å². The van der Waals surface area contributed by atoms with E-state index >= 15 is 0 Å². The highest BCUT2D eigenvalue weighted by Gasteiger charge is 2.24. The number of nitrogens with one attached hydrogen (secondary N) is 2. The molecule has 0 aliphatic heterocycles. The molecular weight excluding hydrogens is 384 g/mol. The van der Waals surface area contributed by atoms with E-state index in [1.807, 2.05) is 6.07 Å². The van der Waals surface area contributed by atoms with Crippen molar-refractivity contribution in [2.75, 3.05) is 13.1 Å². The highest BCUT2D eigenvalue weighted by molar-refractivity contribution is 5.68. The highest BCUT2D eigenvalue weighted by Crippen LogP contribution is 2.37. The lowest BCUT2D eigenvalue weighted by Crippen LogP contribution is -2.34. The van der Waals surface area contributed by atoms with Crippen LogP contribution in [0.5, 0.6) is 5.75 Å². The van der Waals surface area contributed by atoms with Crippen LogP contribution in [0.4, 0.5) is 0 Å². The lowest BCUT2D eigenvalue weighted by Gasteiger charge is -2.17. The van der Waals surface area contributed by atoms with Gasteiger partial charge in [0.25, 0.3) is 0 Å². The van der Waals surface area contributed by atoms with E-state index in [1.54, 1.807) is 6.92 Å². The fraction of sp³-hybridized carbons (Fsp3) is 0.333. The maximum atomic E-state index is 9.34. The average molecular weight is 417 g/mol. The van der Waals surface area contributed by atoms with Crippen LogP contribution >= 0.6 is 0 Å². The zero-order valence-corrected chi connectivity index (χ0v) is 18.4. The summed E-state index contributed by atoms with van der Waals surface area (Å²) in [6.07, 6.45) is 1.63. The van der Waals surface area contributed by atoms with Crippen molar-refractivity contribution in [3.8, 4) is 16.9 Å². The summed E-state index contributed by atoms with van der Waals surface area (Å²) in [5.74, 6) is 0.994. The molecule has 4 rings (SSSR count). The van der Waals surface area contributed by atoms with Gasteiger partial charge in [0.2, 0.25) is 0 Å². The van der Waals surface area contributed by atoms with Crippen LogP contribution in [0, 0.1) is 6.92 Å². The van der Waals surface area contributed by atoms with Crippen molar-refractivity contribution in [3.05, 3.63) is 89.0 Å². The van der Waals surface area contributed by atoms with Crippen molar-refractivity contribution < 1.29 is 9.84 Å². The van der Waals surface area contributed by atoms with E-state index in [-0.39, 0.29) is 0 Å². The van der Waals surface area contributed by atoms with Gasteiger partial charge in [0.15, 0.2) is 0 Å². The molecule has 0 saturated heterocycles. The molecular formula is C27H32N2O2. The monoisotopic (exact) mass is 416 g/mol. The van der Waals surface area contributed by atoms with Crippen LogP contribution < -0.4 is 15.4 Å². The van der Waals surface area contributed by atoms with Crippen molar-refractivity contribution in [3.63, 3.8) is 0 Å². The van der Waals surface area contributed by atoms with Crippen LogP contribution in [0.3, 0.4) is 0 Å². The first kappa shape index (κ1) is 21.6. The second-order valence-electron chi connectivity index (χ2n) is 8.24. The largest absolute Gasteiger partial charge is 0.489 e. The molecule has 0 saturated carbocycles. The molecule has 4 heteroatoms. The summed E-state index contributed by atoms with van der Waals surface area (Å²) >= 11 is 0. The van der Waals surface area contributed by atoms with Gasteiger partial charge < -0.3 is 15.2 Å². The van der Waals surface area contributed by atoms with Gasteiger partial charge >= 0.3 is 0 Å². The topological polar surface area (TPSA) is 53.5 Å². The average Bonchev–Trinajstić information content (AvgIpc) is 3.20. The number of aliphatic hydroxyl groups excluding tert-OH is 1. The predicted molar refractivity (Wildman–Crippen MR) is 126 cm³/mol. The van der Waals surface area contributed by atoms with Gasteiger partial charge in [-0.25, -0.2) is 0 Å². The first-order valence-electron chi connectivity index (χ1n) is 11.2. The number of fused-ring (bicyclic) bond motifs is 1. The van der Waals surface area contributed by atoms with E-state index in [9.17, 15) is 5.11 Å². The van der Waals surface area contributed by atoms with Gasteiger partial charge in [-0.3, -0.25) is 5.32 Å². The van der Waals surface area contributed by atoms with Gasteiger partial charge in [-0.1, -0.05) is 60.7 Å². The van der Waals surface area contributed by atoms with Gasteiger partial charge in [0.05, 0.1) is 0 Å². The van der Waals surface area contributed by atoms with Gasteiger partial charge in [-0.15, -0.1) is 0 Å². The fourth-order valence-electron chi connectivity index (χ4n) is 4.42. The molecule has 2 atom stereocenters. The van der Waals surface area contributed by atoms with Gasteiger partial charge in [0.1, 0.15) is 18.6 Å². The Morgan fingerprint density at radius 1 is 1.00 bits per heavy atom. The summed E-state index contributed by atoms with van der Waals surface area (Å²) in [4.78, 5) is 0. The minimum atomic E-state index is -0.471. The molecule has 162 valence electrons. The third-order valence-electron chi connectivity index (χ3n) is 6.10. The van der Waals surface area contributed by atoms with Crippen molar-refractivity contribution >= 4 is 0 Å². The van der Waals surface area contributed by atoms with Crippen molar-refractivity contribution in [2.45, 2.75) is 45.6 Å². The first-order chi connectivity index (χ1) is 15.1. The summed E-state index contributed by atoms with van der Waals surface area (Å²) in [7, 11) is 0. The van der Waals surface area contributed by atoms with E-state index in [4.69, 9.17) is 4.74 Å². The maximum Gasteiger partial charge on any atom is 0.123 e. The Labute approximate surface area is 185 Å². The van der Waals surface area contributed by atoms with Gasteiger partial charge in [-0.2, -0.15) is 0 Å². The molecule has 1 aliphatic carbocycles. The summed E-state index contributed by atoms with van der Waals surface area (Å²) in [5, 5.41) is 16.0. The Morgan fingerprint density at radius 2 is 1.81 bits per heavy atom. The SMILES string of the molecule is Cc1c(COc2cccc3c2CCC3NCCNC(C)O)cccc1-c1ccccc1. The van der Waals surface area contributed by atoms with E-state index < -0.39 is 6.23 Å². The molecule has 3 N–H and O–H groups in total. The highest BCUT2D eigenvalue weighted by atomic mass is 16.5. The third-order valence-corrected chi connectivity index (χ3v) is 6.10. The summed E-state index contributed by atoms with van der Waals surface area (Å²) < 4.78 is 6.34. The van der Waals surface area contributed by atoms with E-state index in [0.29, 0.717) is 12.6 Å². The Kier molecular flexibility index (Phi) is 7.03. The maximum absolute atomic E-state index is 9.34. The lowest BCUT2D eigenvalue weighted by molar-refractivity contribution is 0.157. The first-order valence-corrected chi connectivity index (χ1v) is 11.2. The Hall–Kier alpha value is -2.66. The number of hydrogen-bond donors (Lipinski definition) is 3. The van der Waals surface area contributed by atoms with Gasteiger partial charge in [-0.05, 0) is 66.1 Å². The molecule has 0 fully saturated rings. The normalized spacial score (nSPS) is 16.2. The van der Waals surface area contributed by atoms with E-state index in [1.165, 1.54) is 33.4 Å². The Bertz CT molecular complexity index is 1000. The van der Waals surface area contributed by atoms with Gasteiger partial charge in [0, 0.05) is 19.1 Å². The molecule has 0 bridgehead atoms. The molecule has 3 aromatic carbocycles. The third kappa shape index (κ3) is 5.16. The number of rotatable bonds is 9. The molecule has 0 spiro atoms. The minimum absolute atomic E-state index is 0.345. The fourth-order valence-corrected chi connectivity index (χ4v) is 4.42. The Balaban J connectivity index is 1.44. The van der Waals surface area contributed by atoms with Crippen molar-refractivity contribution in [1.29, 1.82) is 0 Å². The van der Waals surface area contributed by atoms with Crippen LogP contribution in [0.25, 0.3) is 11.1 Å². The number of benzene rings is 3. The van der Waals surface area contributed by atoms with Crippen LogP contribution in [-0.2, 0) is 13.0 Å². The van der Waals surface area contributed by atoms with Crippen LogP contribution in [0.15, 0.2) is 66.7 Å². The standard InChI is InChI=1S/C27H32N2O2/c1-19-22(10-6-11-23(19)21-8-4-3-5-9-21)18-31-27-13-7-12-24-25(27)14-15-26(24)29-17-16-28-20(2)30/h3-13,20,26,28-30H,14-18H2,1-2H3. The van der Waals surface area contributed by atoms with Crippen molar-refractivity contribution in [1.82, 2.24) is 10.6 Å². The van der Waals surface area contributed by atoms with Crippen LogP contribution in [0.2, 0.25) is 0 Å². The Morgan fingerprint density at radius 3 is 2.61 bits per heavy atom. The molecule has 2 unspecified atom stereocenters. The molecule has 0 heterocycles. The van der Waals surface area contributed by atoms with E-state index in [0.717, 1.165) is 31.7 Å². The number of aliphatic hydroxyl groups is 1. The quantitative estimate of drug-likeness (QED) is 0.348.